The van der Waals surface area contributed by atoms with Crippen LogP contribution in [0.4, 0.5) is 0 Å². The summed E-state index contributed by atoms with van der Waals surface area (Å²) in [6.45, 7) is 3.99. The van der Waals surface area contributed by atoms with Crippen LogP contribution in [0.2, 0.25) is 0 Å². The van der Waals surface area contributed by atoms with Gasteiger partial charge in [-0.1, -0.05) is 13.3 Å². The minimum atomic E-state index is -0.590. The summed E-state index contributed by atoms with van der Waals surface area (Å²) in [7, 11) is 1.67. The Hall–Kier alpha value is -0.610. The summed E-state index contributed by atoms with van der Waals surface area (Å²) in [5.41, 5.74) is -0.590. The SMILES string of the molecule is CCC1CCC(NC(=O)C2(OC)CCNCC2)CC1. The minimum absolute atomic E-state index is 0.108. The van der Waals surface area contributed by atoms with Crippen molar-refractivity contribution in [3.8, 4) is 0 Å². The largest absolute Gasteiger partial charge is 0.368 e. The third-order valence-electron chi connectivity index (χ3n) is 4.98. The van der Waals surface area contributed by atoms with Gasteiger partial charge in [-0.2, -0.15) is 0 Å². The Morgan fingerprint density at radius 3 is 2.42 bits per heavy atom. The normalized spacial score (nSPS) is 30.8. The van der Waals surface area contributed by atoms with E-state index in [1.807, 2.05) is 0 Å². The molecule has 2 fully saturated rings. The van der Waals surface area contributed by atoms with Crippen LogP contribution in [-0.2, 0) is 9.53 Å². The van der Waals surface area contributed by atoms with E-state index in [9.17, 15) is 4.79 Å². The Bertz CT molecular complexity index is 293. The molecule has 1 aliphatic heterocycles. The summed E-state index contributed by atoms with van der Waals surface area (Å²) in [6, 6.07) is 0.359. The second-order valence-corrected chi connectivity index (χ2v) is 6.05. The van der Waals surface area contributed by atoms with E-state index in [1.165, 1.54) is 19.3 Å². The smallest absolute Gasteiger partial charge is 0.252 e. The highest BCUT2D eigenvalue weighted by Gasteiger charge is 2.40. The Morgan fingerprint density at radius 1 is 1.26 bits per heavy atom. The lowest BCUT2D eigenvalue weighted by Gasteiger charge is -2.37. The topological polar surface area (TPSA) is 50.4 Å². The van der Waals surface area contributed by atoms with Crippen molar-refractivity contribution in [2.75, 3.05) is 20.2 Å². The fourth-order valence-electron chi connectivity index (χ4n) is 3.39. The molecule has 0 atom stereocenters. The van der Waals surface area contributed by atoms with Gasteiger partial charge in [0.1, 0.15) is 5.60 Å². The molecule has 0 aromatic rings. The summed E-state index contributed by atoms with van der Waals surface area (Å²) in [5.74, 6) is 0.972. The van der Waals surface area contributed by atoms with Crippen molar-refractivity contribution in [3.05, 3.63) is 0 Å². The average Bonchev–Trinajstić information content (AvgIpc) is 2.48. The number of piperidine rings is 1. The predicted molar refractivity (Wildman–Crippen MR) is 76.0 cm³/mol. The number of methoxy groups -OCH3 is 1. The van der Waals surface area contributed by atoms with Crippen LogP contribution >= 0.6 is 0 Å². The van der Waals surface area contributed by atoms with E-state index >= 15 is 0 Å². The van der Waals surface area contributed by atoms with Crippen molar-refractivity contribution < 1.29 is 9.53 Å². The van der Waals surface area contributed by atoms with E-state index in [2.05, 4.69) is 17.6 Å². The number of nitrogens with one attached hydrogen (secondary N) is 2. The maximum atomic E-state index is 12.5. The molecule has 0 aromatic carbocycles. The quantitative estimate of drug-likeness (QED) is 0.818. The first kappa shape index (κ1) is 14.8. The molecule has 4 nitrogen and oxygen atoms in total. The van der Waals surface area contributed by atoms with Gasteiger partial charge in [-0.25, -0.2) is 0 Å². The van der Waals surface area contributed by atoms with Crippen molar-refractivity contribution in [2.45, 2.75) is 63.5 Å². The maximum absolute atomic E-state index is 12.5. The zero-order valence-corrected chi connectivity index (χ0v) is 12.3. The lowest BCUT2D eigenvalue weighted by atomic mass is 9.83. The Kier molecular flexibility index (Phi) is 5.22. The molecule has 1 saturated heterocycles. The third kappa shape index (κ3) is 3.48. The van der Waals surface area contributed by atoms with Gasteiger partial charge in [0.15, 0.2) is 0 Å². The van der Waals surface area contributed by atoms with Gasteiger partial charge in [0.05, 0.1) is 0 Å². The highest BCUT2D eigenvalue weighted by Crippen LogP contribution is 2.28. The number of hydrogen-bond acceptors (Lipinski definition) is 3. The number of hydrogen-bond donors (Lipinski definition) is 2. The molecule has 110 valence electrons. The molecular weight excluding hydrogens is 240 g/mol. The molecule has 0 spiro atoms. The van der Waals surface area contributed by atoms with Crippen molar-refractivity contribution in [3.63, 3.8) is 0 Å². The van der Waals surface area contributed by atoms with Crippen LogP contribution in [0.25, 0.3) is 0 Å². The first-order valence-electron chi connectivity index (χ1n) is 7.77. The molecule has 1 aliphatic carbocycles. The van der Waals surface area contributed by atoms with Gasteiger partial charge in [0.2, 0.25) is 0 Å². The summed E-state index contributed by atoms with van der Waals surface area (Å²) in [5, 5.41) is 6.52. The van der Waals surface area contributed by atoms with Gasteiger partial charge in [-0.3, -0.25) is 4.79 Å². The second kappa shape index (κ2) is 6.71. The molecule has 0 bridgehead atoms. The van der Waals surface area contributed by atoms with Crippen LogP contribution in [0, 0.1) is 5.92 Å². The van der Waals surface area contributed by atoms with Crippen LogP contribution in [0.3, 0.4) is 0 Å². The van der Waals surface area contributed by atoms with Crippen molar-refractivity contribution in [1.82, 2.24) is 10.6 Å². The molecule has 0 radical (unpaired) electrons. The van der Waals surface area contributed by atoms with Gasteiger partial charge in [-0.15, -0.1) is 0 Å². The molecule has 0 aromatic heterocycles. The number of ether oxygens (including phenoxy) is 1. The Balaban J connectivity index is 1.86. The van der Waals surface area contributed by atoms with E-state index in [4.69, 9.17) is 4.74 Å². The second-order valence-electron chi connectivity index (χ2n) is 6.05. The molecule has 2 rings (SSSR count). The first-order valence-corrected chi connectivity index (χ1v) is 7.77. The summed E-state index contributed by atoms with van der Waals surface area (Å²) in [4.78, 5) is 12.5. The van der Waals surface area contributed by atoms with E-state index in [0.717, 1.165) is 44.7 Å². The molecule has 0 unspecified atom stereocenters. The molecule has 4 heteroatoms. The van der Waals surface area contributed by atoms with Crippen molar-refractivity contribution in [1.29, 1.82) is 0 Å². The summed E-state index contributed by atoms with van der Waals surface area (Å²) < 4.78 is 5.57. The van der Waals surface area contributed by atoms with Crippen molar-refractivity contribution in [2.24, 2.45) is 5.92 Å². The van der Waals surface area contributed by atoms with Crippen LogP contribution in [-0.4, -0.2) is 37.7 Å². The van der Waals surface area contributed by atoms with Crippen molar-refractivity contribution >= 4 is 5.91 Å². The summed E-state index contributed by atoms with van der Waals surface area (Å²) >= 11 is 0. The van der Waals surface area contributed by atoms with Crippen LogP contribution in [0.5, 0.6) is 0 Å². The molecule has 1 amide bonds. The van der Waals surface area contributed by atoms with Gasteiger partial charge < -0.3 is 15.4 Å². The number of amides is 1. The molecule has 2 aliphatic rings. The molecule has 2 N–H and O–H groups in total. The standard InChI is InChI=1S/C15H28N2O2/c1-3-12-4-6-13(7-5-12)17-14(18)15(19-2)8-10-16-11-9-15/h12-13,16H,3-11H2,1-2H3,(H,17,18). The molecule has 1 heterocycles. The molecule has 19 heavy (non-hydrogen) atoms. The number of rotatable bonds is 4. The zero-order valence-electron chi connectivity index (χ0n) is 12.3. The lowest BCUT2D eigenvalue weighted by molar-refractivity contribution is -0.147. The highest BCUT2D eigenvalue weighted by molar-refractivity contribution is 5.85. The zero-order chi connectivity index (χ0) is 13.7. The summed E-state index contributed by atoms with van der Waals surface area (Å²) in [6.07, 6.45) is 7.59. The van der Waals surface area contributed by atoms with E-state index in [-0.39, 0.29) is 5.91 Å². The lowest BCUT2D eigenvalue weighted by Crippen LogP contribution is -2.56. The van der Waals surface area contributed by atoms with Gasteiger partial charge in [0, 0.05) is 13.2 Å². The van der Waals surface area contributed by atoms with Crippen LogP contribution in [0.1, 0.15) is 51.9 Å². The number of carbonyl (C=O) groups excluding carboxylic acids is 1. The monoisotopic (exact) mass is 268 g/mol. The van der Waals surface area contributed by atoms with E-state index in [0.29, 0.717) is 6.04 Å². The van der Waals surface area contributed by atoms with Crippen LogP contribution in [0.15, 0.2) is 0 Å². The first-order chi connectivity index (χ1) is 9.20. The third-order valence-corrected chi connectivity index (χ3v) is 4.98. The van der Waals surface area contributed by atoms with Gasteiger partial charge >= 0.3 is 0 Å². The maximum Gasteiger partial charge on any atom is 0.252 e. The minimum Gasteiger partial charge on any atom is -0.368 e. The Labute approximate surface area is 116 Å². The van der Waals surface area contributed by atoms with Gasteiger partial charge in [-0.05, 0) is 57.5 Å². The molecule has 1 saturated carbocycles. The van der Waals surface area contributed by atoms with Crippen LogP contribution < -0.4 is 10.6 Å². The molecular formula is C15H28N2O2. The van der Waals surface area contributed by atoms with Gasteiger partial charge in [0.25, 0.3) is 5.91 Å². The van der Waals surface area contributed by atoms with E-state index in [1.54, 1.807) is 7.11 Å². The number of carbonyl (C=O) groups is 1. The van der Waals surface area contributed by atoms with E-state index < -0.39 is 5.60 Å². The Morgan fingerprint density at radius 2 is 1.89 bits per heavy atom. The highest BCUT2D eigenvalue weighted by atomic mass is 16.5. The average molecular weight is 268 g/mol. The fourth-order valence-corrected chi connectivity index (χ4v) is 3.39. The fraction of sp³-hybridized carbons (Fsp3) is 0.933. The predicted octanol–water partition coefficient (Wildman–Crippen LogP) is 1.84.